The van der Waals surface area contributed by atoms with Gasteiger partial charge in [-0.3, -0.25) is 0 Å². The van der Waals surface area contributed by atoms with Crippen LogP contribution in [0.4, 0.5) is 4.39 Å². The maximum Gasteiger partial charge on any atom is 0.138 e. The van der Waals surface area contributed by atoms with Crippen LogP contribution in [0.25, 0.3) is 22.0 Å². The van der Waals surface area contributed by atoms with E-state index in [0.29, 0.717) is 31.7 Å². The van der Waals surface area contributed by atoms with Crippen molar-refractivity contribution in [2.45, 2.75) is 4.90 Å². The number of halogens is 4. The number of pyridine rings is 1. The van der Waals surface area contributed by atoms with Crippen LogP contribution in [0.1, 0.15) is 0 Å². The van der Waals surface area contributed by atoms with E-state index in [-0.39, 0.29) is 5.82 Å². The maximum atomic E-state index is 13.6. The summed E-state index contributed by atoms with van der Waals surface area (Å²) in [5.74, 6) is -0.319. The van der Waals surface area contributed by atoms with E-state index in [4.69, 9.17) is 34.8 Å². The van der Waals surface area contributed by atoms with Gasteiger partial charge in [0, 0.05) is 26.4 Å². The summed E-state index contributed by atoms with van der Waals surface area (Å²) >= 11 is 20.1. The van der Waals surface area contributed by atoms with Crippen LogP contribution in [0.15, 0.2) is 41.3 Å². The molecular weight excluding hydrogens is 364 g/mol. The van der Waals surface area contributed by atoms with E-state index in [9.17, 15) is 4.39 Å². The molecule has 0 aliphatic carbocycles. The van der Waals surface area contributed by atoms with Crippen molar-refractivity contribution in [2.75, 3.05) is 6.26 Å². The fourth-order valence-electron chi connectivity index (χ4n) is 2.32. The first-order valence-corrected chi connectivity index (χ1v) is 8.65. The predicted octanol–water partition coefficient (Wildman–Crippen LogP) is 6.72. The summed E-state index contributed by atoms with van der Waals surface area (Å²) in [4.78, 5) is 5.19. The molecule has 0 fully saturated rings. The van der Waals surface area contributed by atoms with Gasteiger partial charge in [-0.15, -0.1) is 11.8 Å². The fraction of sp³-hybridized carbons (Fsp3) is 0.0625. The number of hydrogen-bond acceptors (Lipinski definition) is 2. The second-order valence-corrected chi connectivity index (χ2v) is 6.61. The number of benzene rings is 2. The molecule has 0 atom stereocenters. The van der Waals surface area contributed by atoms with Crippen molar-refractivity contribution in [3.8, 4) is 11.1 Å². The minimum absolute atomic E-state index is 0.319. The van der Waals surface area contributed by atoms with Crippen molar-refractivity contribution in [3.05, 3.63) is 57.4 Å². The number of hydrogen-bond donors (Lipinski definition) is 0. The van der Waals surface area contributed by atoms with E-state index < -0.39 is 0 Å². The number of fused-ring (bicyclic) bond motifs is 1. The second kappa shape index (κ2) is 6.25. The third-order valence-electron chi connectivity index (χ3n) is 3.26. The van der Waals surface area contributed by atoms with Crippen LogP contribution < -0.4 is 0 Å². The van der Waals surface area contributed by atoms with E-state index in [1.165, 1.54) is 23.9 Å². The molecule has 0 bridgehead atoms. The Morgan fingerprint density at radius 3 is 2.50 bits per heavy atom. The fourth-order valence-corrected chi connectivity index (χ4v) is 3.96. The average Bonchev–Trinajstić information content (AvgIpc) is 2.47. The Morgan fingerprint density at radius 2 is 1.82 bits per heavy atom. The maximum absolute atomic E-state index is 13.6. The summed E-state index contributed by atoms with van der Waals surface area (Å²) in [6, 6.07) is 9.61. The first kappa shape index (κ1) is 15.9. The van der Waals surface area contributed by atoms with E-state index in [1.807, 2.05) is 6.26 Å². The highest BCUT2D eigenvalue weighted by atomic mass is 35.5. The third-order valence-corrected chi connectivity index (χ3v) is 4.91. The zero-order valence-electron chi connectivity index (χ0n) is 11.3. The molecule has 0 aliphatic heterocycles. The molecule has 0 N–H and O–H groups in total. The highest BCUT2D eigenvalue weighted by Crippen LogP contribution is 2.43. The molecule has 112 valence electrons. The average molecular weight is 373 g/mol. The summed E-state index contributed by atoms with van der Waals surface area (Å²) in [6.45, 7) is 0. The quantitative estimate of drug-likeness (QED) is 0.365. The lowest BCUT2D eigenvalue weighted by molar-refractivity contribution is 0.629. The monoisotopic (exact) mass is 371 g/mol. The predicted molar refractivity (Wildman–Crippen MR) is 93.9 cm³/mol. The molecule has 0 aliphatic rings. The molecule has 0 saturated carbocycles. The number of aromatic nitrogens is 1. The number of nitrogens with zero attached hydrogens (tertiary/aromatic N) is 1. The van der Waals surface area contributed by atoms with Crippen molar-refractivity contribution < 1.29 is 4.39 Å². The third kappa shape index (κ3) is 2.79. The molecule has 3 rings (SSSR count). The Kier molecular flexibility index (Phi) is 4.51. The molecule has 0 saturated heterocycles. The van der Waals surface area contributed by atoms with Gasteiger partial charge < -0.3 is 0 Å². The summed E-state index contributed by atoms with van der Waals surface area (Å²) in [5, 5.41) is 2.04. The van der Waals surface area contributed by atoms with Gasteiger partial charge in [-0.2, -0.15) is 0 Å². The molecular formula is C16H9Cl3FNS. The van der Waals surface area contributed by atoms with Crippen molar-refractivity contribution in [1.29, 1.82) is 0 Å². The SMILES string of the molecule is CSc1c(-c2ccc(Cl)cc2Cl)c(Cl)nc2ccc(F)cc12. The van der Waals surface area contributed by atoms with Gasteiger partial charge in [0.1, 0.15) is 11.0 Å². The summed E-state index contributed by atoms with van der Waals surface area (Å²) in [5.41, 5.74) is 2.05. The first-order valence-electron chi connectivity index (χ1n) is 6.29. The highest BCUT2D eigenvalue weighted by Gasteiger charge is 2.18. The van der Waals surface area contributed by atoms with E-state index in [2.05, 4.69) is 4.98 Å². The number of thioether (sulfide) groups is 1. The standard InChI is InChI=1S/C16H9Cl3FNS/c1-22-15-11-7-9(20)3-5-13(11)21-16(19)14(15)10-4-2-8(17)6-12(10)18/h2-7H,1H3. The summed E-state index contributed by atoms with van der Waals surface area (Å²) in [7, 11) is 0. The Balaban J connectivity index is 2.40. The van der Waals surface area contributed by atoms with Crippen LogP contribution in [0.5, 0.6) is 0 Å². The van der Waals surface area contributed by atoms with Crippen LogP contribution in [0.2, 0.25) is 15.2 Å². The molecule has 0 radical (unpaired) electrons. The minimum Gasteiger partial charge on any atom is -0.235 e. The normalized spacial score (nSPS) is 11.1. The molecule has 1 nitrogen and oxygen atoms in total. The van der Waals surface area contributed by atoms with Gasteiger partial charge in [0.25, 0.3) is 0 Å². The Hall–Kier alpha value is -1.00. The van der Waals surface area contributed by atoms with E-state index in [0.717, 1.165) is 10.5 Å². The number of rotatable bonds is 2. The van der Waals surface area contributed by atoms with Crippen LogP contribution in [-0.4, -0.2) is 11.2 Å². The lowest BCUT2D eigenvalue weighted by atomic mass is 10.0. The molecule has 0 amide bonds. The van der Waals surface area contributed by atoms with Crippen molar-refractivity contribution >= 4 is 57.5 Å². The van der Waals surface area contributed by atoms with Gasteiger partial charge in [-0.05, 0) is 36.6 Å². The Bertz CT molecular complexity index is 883. The van der Waals surface area contributed by atoms with Crippen molar-refractivity contribution in [1.82, 2.24) is 4.98 Å². The Morgan fingerprint density at radius 1 is 1.05 bits per heavy atom. The van der Waals surface area contributed by atoms with Crippen LogP contribution in [0, 0.1) is 5.82 Å². The van der Waals surface area contributed by atoms with Gasteiger partial charge in [0.15, 0.2) is 0 Å². The molecule has 0 spiro atoms. The van der Waals surface area contributed by atoms with Crippen molar-refractivity contribution in [2.24, 2.45) is 0 Å². The van der Waals surface area contributed by atoms with Crippen molar-refractivity contribution in [3.63, 3.8) is 0 Å². The Labute approximate surface area is 146 Å². The topological polar surface area (TPSA) is 12.9 Å². The molecule has 22 heavy (non-hydrogen) atoms. The zero-order chi connectivity index (χ0) is 15.9. The molecule has 1 heterocycles. The molecule has 3 aromatic rings. The van der Waals surface area contributed by atoms with E-state index in [1.54, 1.807) is 24.3 Å². The van der Waals surface area contributed by atoms with Gasteiger partial charge in [0.05, 0.1) is 10.5 Å². The van der Waals surface area contributed by atoms with Gasteiger partial charge in [-0.1, -0.05) is 40.9 Å². The van der Waals surface area contributed by atoms with E-state index >= 15 is 0 Å². The van der Waals surface area contributed by atoms with Crippen LogP contribution in [-0.2, 0) is 0 Å². The molecule has 1 aromatic heterocycles. The summed E-state index contributed by atoms with van der Waals surface area (Å²) < 4.78 is 13.6. The highest BCUT2D eigenvalue weighted by molar-refractivity contribution is 7.99. The largest absolute Gasteiger partial charge is 0.235 e. The van der Waals surface area contributed by atoms with Crippen LogP contribution >= 0.6 is 46.6 Å². The van der Waals surface area contributed by atoms with Gasteiger partial charge in [-0.25, -0.2) is 9.37 Å². The lowest BCUT2D eigenvalue weighted by Gasteiger charge is -2.14. The molecule has 6 heteroatoms. The zero-order valence-corrected chi connectivity index (χ0v) is 14.4. The van der Waals surface area contributed by atoms with Crippen LogP contribution in [0.3, 0.4) is 0 Å². The molecule has 2 aromatic carbocycles. The molecule has 0 unspecified atom stereocenters. The van der Waals surface area contributed by atoms with Gasteiger partial charge in [0.2, 0.25) is 0 Å². The first-order chi connectivity index (χ1) is 10.5. The minimum atomic E-state index is -0.319. The second-order valence-electron chi connectivity index (χ2n) is 4.60. The lowest BCUT2D eigenvalue weighted by Crippen LogP contribution is -1.92. The smallest absolute Gasteiger partial charge is 0.138 e. The van der Waals surface area contributed by atoms with Gasteiger partial charge >= 0.3 is 0 Å². The summed E-state index contributed by atoms with van der Waals surface area (Å²) in [6.07, 6.45) is 1.91.